The highest BCUT2D eigenvalue weighted by molar-refractivity contribution is 6.11. The minimum absolute atomic E-state index is 0.0421. The smallest absolute Gasteiger partial charge is 0.255 e. The first-order valence-electron chi connectivity index (χ1n) is 40.8. The van der Waals surface area contributed by atoms with E-state index in [9.17, 15) is 19.6 Å². The molecule has 16 heterocycles. The van der Waals surface area contributed by atoms with E-state index in [1.165, 1.54) is 0 Å². The second-order valence-corrected chi connectivity index (χ2v) is 32.6. The number of hydrogen-bond acceptors (Lipinski definition) is 20. The third kappa shape index (κ3) is 14.1. The number of para-hydroxylation sites is 8. The quantitative estimate of drug-likeness (QED) is 0.0969. The summed E-state index contributed by atoms with van der Waals surface area (Å²) in [5.74, 6) is -0.365. The summed E-state index contributed by atoms with van der Waals surface area (Å²) in [4.78, 5) is 95.6. The molecule has 4 saturated heterocycles. The second-order valence-electron chi connectivity index (χ2n) is 32.6. The third-order valence-corrected chi connectivity index (χ3v) is 24.0. The molecule has 602 valence electrons. The monoisotopic (exact) mass is 1580 g/mol. The number of benzene rings is 4. The van der Waals surface area contributed by atoms with Gasteiger partial charge in [0.1, 0.15) is 28.7 Å². The van der Waals surface area contributed by atoms with Gasteiger partial charge in [0.2, 0.25) is 0 Å². The van der Waals surface area contributed by atoms with Crippen molar-refractivity contribution in [2.24, 2.45) is 0 Å². The van der Waals surface area contributed by atoms with Gasteiger partial charge in [0.05, 0.1) is 66.4 Å². The Morgan fingerprint density at radius 3 is 1.09 bits per heavy atom. The summed E-state index contributed by atoms with van der Waals surface area (Å²) in [6.45, 7) is 16.3. The molecule has 20 rings (SSSR count). The highest BCUT2D eigenvalue weighted by Crippen LogP contribution is 2.39. The molecule has 0 spiro atoms. The molecule has 0 saturated carbocycles. The average Bonchev–Trinajstić information content (AvgIpc) is 1.57. The summed E-state index contributed by atoms with van der Waals surface area (Å²) < 4.78 is 8.11. The van der Waals surface area contributed by atoms with E-state index >= 15 is 0 Å². The summed E-state index contributed by atoms with van der Waals surface area (Å²) in [5.41, 5.74) is 21.0. The Morgan fingerprint density at radius 1 is 0.424 bits per heavy atom. The number of nitriles is 1. The van der Waals surface area contributed by atoms with Gasteiger partial charge in [-0.25, -0.2) is 39.9 Å². The first kappa shape index (κ1) is 77.8. The number of nitrogens with one attached hydrogen (secondary N) is 3. The largest absolute Gasteiger partial charge is 0.369 e. The molecular formula is C91H100N24O3. The number of hydrogen-bond donors (Lipinski definition) is 3. The number of carbonyl (C=O) groups excluding carboxylic acids is 3. The topological polar surface area (TPSA) is 258 Å². The maximum atomic E-state index is 13.2. The lowest BCUT2D eigenvalue weighted by Gasteiger charge is -2.23. The van der Waals surface area contributed by atoms with Crippen LogP contribution in [0.4, 0.5) is 22.7 Å². The number of carbonyl (C=O) groups is 3. The molecule has 0 radical (unpaired) electrons. The van der Waals surface area contributed by atoms with Gasteiger partial charge in [0, 0.05) is 165 Å². The molecule has 27 nitrogen and oxygen atoms in total. The van der Waals surface area contributed by atoms with Crippen molar-refractivity contribution < 1.29 is 14.4 Å². The lowest BCUT2D eigenvalue weighted by molar-refractivity contribution is 0.0939. The standard InChI is InChI=1S/C24H28N6O.C23H26N6O.C22H24N6O.C22H22N6/c1-15(2)26-24(31)18-13-17-20(29-12-10-16(14-29)28(3)4)9-11-25-22(17)30-21-8-6-5-7-19(21)27-23(18)30;1-4-24-23(30)17-13-16-19(28-12-10-15(14-28)27(2)3)9-11-25-21(16)29-20-8-6-5-7-18(20)26-22(17)29;1-23-22(29)16-12-15-18(27-11-9-14(13-27)26(2)3)8-10-24-20(15)28-19-7-5-4-6-17(19)25-21(16)28;1-14-10-20(27-9-8-16(13-27)26(2)3)17-11-15(12-23)21-25-18-6-4-5-7-19(18)28(21)22(17)24-14/h5-9,11,13,15-16H,10,12,14H2,1-4H3,(H,26,31);5-9,11,13,15H,4,10,12,14H2,1-3H3,(H,24,30);4-8,10,12,14H,9,11,13H2,1-3H3,(H,23,29);4-7,10-11,16H,8-9,13H2,1-3H3/t16-;15-;14-;16-/m1111/s1. The van der Waals surface area contributed by atoms with Gasteiger partial charge in [-0.3, -0.25) is 32.0 Å². The molecule has 0 unspecified atom stereocenters. The number of nitrogens with zero attached hydrogens (tertiary/aromatic N) is 21. The molecule has 4 fully saturated rings. The first-order valence-corrected chi connectivity index (χ1v) is 40.8. The van der Waals surface area contributed by atoms with E-state index < -0.39 is 0 Å². The molecule has 4 atom stereocenters. The van der Waals surface area contributed by atoms with Crippen LogP contribution >= 0.6 is 0 Å². The van der Waals surface area contributed by atoms with Gasteiger partial charge in [-0.1, -0.05) is 48.5 Å². The van der Waals surface area contributed by atoms with E-state index in [-0.39, 0.29) is 23.8 Å². The zero-order valence-electron chi connectivity index (χ0n) is 69.3. The molecule has 3 amide bonds. The van der Waals surface area contributed by atoms with Gasteiger partial charge in [0.15, 0.2) is 22.6 Å². The summed E-state index contributed by atoms with van der Waals surface area (Å²) in [5, 5.41) is 22.5. The van der Waals surface area contributed by atoms with E-state index in [1.54, 1.807) is 7.05 Å². The van der Waals surface area contributed by atoms with Crippen LogP contribution in [0.1, 0.15) is 88.8 Å². The van der Waals surface area contributed by atoms with Crippen LogP contribution in [0.2, 0.25) is 0 Å². The van der Waals surface area contributed by atoms with Crippen LogP contribution in [0.3, 0.4) is 0 Å². The van der Waals surface area contributed by atoms with Crippen LogP contribution in [0.5, 0.6) is 0 Å². The number of pyridine rings is 8. The zero-order chi connectivity index (χ0) is 82.1. The Labute approximate surface area is 684 Å². The molecule has 118 heavy (non-hydrogen) atoms. The first-order chi connectivity index (χ1) is 57.2. The molecule has 16 aromatic rings. The number of fused-ring (bicyclic) bond motifs is 20. The summed E-state index contributed by atoms with van der Waals surface area (Å²) >= 11 is 0. The van der Waals surface area contributed by atoms with Crippen molar-refractivity contribution in [3.05, 3.63) is 192 Å². The van der Waals surface area contributed by atoms with Gasteiger partial charge in [0.25, 0.3) is 17.7 Å². The van der Waals surface area contributed by atoms with Gasteiger partial charge >= 0.3 is 0 Å². The third-order valence-electron chi connectivity index (χ3n) is 24.0. The summed E-state index contributed by atoms with van der Waals surface area (Å²) in [6, 6.07) is 52.5. The Morgan fingerprint density at radius 2 is 0.754 bits per heavy atom. The SMILES string of the molecule is CC(C)NC(=O)c1cc2c(N3CC[C@@H](N(C)C)C3)ccnc2n2c1nc1ccccc12.CCNC(=O)c1cc2c(N3CC[C@@H](N(C)C)C3)ccnc2n2c1nc1ccccc12.CNC(=O)c1cc2c(N3CC[C@@H](N(C)C)C3)ccnc2n2c1nc1ccccc12.Cc1cc(N2CC[C@@H](N(C)C)C2)c2cc(C#N)c3nc4ccccc4n3c2n1. The normalized spacial score (nSPS) is 17.1. The van der Waals surface area contributed by atoms with Crippen LogP contribution in [-0.4, -0.2) is 247 Å². The fourth-order valence-electron chi connectivity index (χ4n) is 17.7. The average molecular weight is 1580 g/mol. The molecule has 3 N–H and O–H groups in total. The molecule has 4 aliphatic rings. The molecule has 27 heteroatoms. The number of aryl methyl sites for hydroxylation is 1. The van der Waals surface area contributed by atoms with E-state index in [1.807, 2.05) is 185 Å². The van der Waals surface area contributed by atoms with Crippen LogP contribution in [0.25, 0.3) is 111 Å². The predicted octanol–water partition coefficient (Wildman–Crippen LogP) is 12.1. The summed E-state index contributed by atoms with van der Waals surface area (Å²) in [7, 11) is 18.7. The number of rotatable bonds is 13. The van der Waals surface area contributed by atoms with Crippen molar-refractivity contribution >= 4 is 151 Å². The number of imidazole rings is 4. The highest BCUT2D eigenvalue weighted by Gasteiger charge is 2.33. The number of likely N-dealkylation sites (N-methyl/N-ethyl adjacent to an activating group) is 4. The minimum Gasteiger partial charge on any atom is -0.369 e. The molecule has 12 aromatic heterocycles. The number of anilines is 4. The van der Waals surface area contributed by atoms with Crippen molar-refractivity contribution in [1.29, 1.82) is 5.26 Å². The lowest BCUT2D eigenvalue weighted by Crippen LogP contribution is -2.31. The van der Waals surface area contributed by atoms with E-state index in [2.05, 4.69) is 142 Å². The Kier molecular flexibility index (Phi) is 21.1. The van der Waals surface area contributed by atoms with Crippen molar-refractivity contribution in [3.8, 4) is 6.07 Å². The molecule has 4 aromatic carbocycles. The molecular weight excluding hydrogens is 1480 g/mol. The van der Waals surface area contributed by atoms with Crippen molar-refractivity contribution in [2.75, 3.05) is 142 Å². The molecule has 4 aliphatic heterocycles. The Balaban J connectivity index is 0.000000113. The predicted molar refractivity (Wildman–Crippen MR) is 473 cm³/mol. The van der Waals surface area contributed by atoms with E-state index in [4.69, 9.17) is 39.9 Å². The van der Waals surface area contributed by atoms with Gasteiger partial charge in [-0.2, -0.15) is 5.26 Å². The van der Waals surface area contributed by atoms with Crippen molar-refractivity contribution in [1.82, 2.24) is 93.0 Å². The van der Waals surface area contributed by atoms with E-state index in [0.717, 1.165) is 195 Å². The fraction of sp³-hybridized carbons (Fsp3) is 0.341. The number of amides is 3. The van der Waals surface area contributed by atoms with Gasteiger partial charge in [-0.15, -0.1) is 0 Å². The Bertz CT molecular complexity index is 6650. The van der Waals surface area contributed by atoms with Crippen LogP contribution in [-0.2, 0) is 0 Å². The second kappa shape index (κ2) is 32.0. The Hall–Kier alpha value is -12.7. The highest BCUT2D eigenvalue weighted by atomic mass is 16.2. The molecule has 0 bridgehead atoms. The maximum absolute atomic E-state index is 13.2. The van der Waals surface area contributed by atoms with Crippen molar-refractivity contribution in [2.45, 2.75) is 83.6 Å². The molecule has 0 aliphatic carbocycles. The van der Waals surface area contributed by atoms with E-state index in [0.29, 0.717) is 75.6 Å². The minimum atomic E-state index is -0.144. The number of aromatic nitrogens is 12. The van der Waals surface area contributed by atoms with Gasteiger partial charge in [-0.05, 0) is 207 Å². The van der Waals surface area contributed by atoms with Crippen LogP contribution in [0.15, 0.2) is 164 Å². The van der Waals surface area contributed by atoms with Crippen LogP contribution < -0.4 is 35.6 Å². The van der Waals surface area contributed by atoms with Crippen LogP contribution in [0, 0.1) is 18.3 Å². The zero-order valence-corrected chi connectivity index (χ0v) is 69.3. The summed E-state index contributed by atoms with van der Waals surface area (Å²) in [6.07, 6.45) is 10.1. The fourth-order valence-corrected chi connectivity index (χ4v) is 17.7. The van der Waals surface area contributed by atoms with Crippen molar-refractivity contribution in [3.63, 3.8) is 0 Å². The lowest BCUT2D eigenvalue weighted by atomic mass is 10.1. The maximum Gasteiger partial charge on any atom is 0.255 e. The van der Waals surface area contributed by atoms with Gasteiger partial charge < -0.3 is 55.1 Å².